The van der Waals surface area contributed by atoms with E-state index in [1.807, 2.05) is 12.1 Å². The Bertz CT molecular complexity index is 3050. The second kappa shape index (κ2) is 12.0. The third-order valence-electron chi connectivity index (χ3n) is 10.5. The number of nitrogens with zero attached hydrogens (tertiary/aromatic N) is 2. The van der Waals surface area contributed by atoms with Crippen LogP contribution in [0.1, 0.15) is 26.5 Å². The molecule has 0 N–H and O–H groups in total. The van der Waals surface area contributed by atoms with E-state index in [4.69, 9.17) is 14.4 Å². The van der Waals surface area contributed by atoms with Crippen LogP contribution in [0.15, 0.2) is 168 Å². The van der Waals surface area contributed by atoms with E-state index in [-0.39, 0.29) is 5.41 Å². The summed E-state index contributed by atoms with van der Waals surface area (Å²) in [6.45, 7) is 6.68. The number of hydrogen-bond donors (Lipinski definition) is 0. The van der Waals surface area contributed by atoms with Crippen molar-refractivity contribution in [2.24, 2.45) is 0 Å². The van der Waals surface area contributed by atoms with Crippen LogP contribution in [0, 0.1) is 0 Å². The summed E-state index contributed by atoms with van der Waals surface area (Å²) in [7, 11) is 0. The van der Waals surface area contributed by atoms with Crippen molar-refractivity contribution >= 4 is 54.5 Å². The van der Waals surface area contributed by atoms with Crippen molar-refractivity contribution in [3.05, 3.63) is 169 Å². The highest BCUT2D eigenvalue weighted by Gasteiger charge is 2.25. The highest BCUT2D eigenvalue weighted by molar-refractivity contribution is 6.23. The first-order valence-electron chi connectivity index (χ1n) is 18.2. The Balaban J connectivity index is 1.08. The fraction of sp³-hybridized carbons (Fsp3) is 0.0800. The summed E-state index contributed by atoms with van der Waals surface area (Å²) in [5, 5.41) is 6.94. The van der Waals surface area contributed by atoms with Gasteiger partial charge in [0.25, 0.3) is 0 Å². The molecule has 0 spiro atoms. The molecule has 8 aromatic carbocycles. The van der Waals surface area contributed by atoms with Gasteiger partial charge in [0.1, 0.15) is 11.2 Å². The summed E-state index contributed by atoms with van der Waals surface area (Å²) in [4.78, 5) is 10.9. The van der Waals surface area contributed by atoms with E-state index in [1.54, 1.807) is 0 Å². The molecule has 252 valence electrons. The predicted octanol–water partition coefficient (Wildman–Crippen LogP) is 13.8. The topological polar surface area (TPSA) is 38.9 Å². The maximum absolute atomic E-state index is 6.39. The highest BCUT2D eigenvalue weighted by Crippen LogP contribution is 2.40. The lowest BCUT2D eigenvalue weighted by Gasteiger charge is -2.23. The fourth-order valence-corrected chi connectivity index (χ4v) is 7.95. The van der Waals surface area contributed by atoms with Gasteiger partial charge in [-0.25, -0.2) is 9.97 Å². The van der Waals surface area contributed by atoms with Crippen molar-refractivity contribution in [2.75, 3.05) is 0 Å². The standard InChI is InChI=1S/C50H36N2O/c1-50(2,3)49-45(51-46-41-23-6-4-20-38(41)39-21-5-7-24-42(39)47(46)52-49)36-19-12-17-34(30-36)32-15-10-14-31(28-32)33-16-11-18-35(29-33)37-25-13-26-43-40-22-8-9-27-44(40)53-48(37)43/h4-30H,1-3H3. The molecule has 0 unspecified atom stereocenters. The van der Waals surface area contributed by atoms with Crippen LogP contribution in [0.3, 0.4) is 0 Å². The lowest BCUT2D eigenvalue weighted by Crippen LogP contribution is -2.16. The van der Waals surface area contributed by atoms with Gasteiger partial charge in [-0.2, -0.15) is 0 Å². The zero-order valence-electron chi connectivity index (χ0n) is 29.9. The number of benzene rings is 8. The largest absolute Gasteiger partial charge is 0.455 e. The molecule has 0 radical (unpaired) electrons. The van der Waals surface area contributed by atoms with Gasteiger partial charge in [0.2, 0.25) is 0 Å². The molecule has 10 aromatic rings. The number of furan rings is 1. The predicted molar refractivity (Wildman–Crippen MR) is 222 cm³/mol. The molecular weight excluding hydrogens is 645 g/mol. The quantitative estimate of drug-likeness (QED) is 0.174. The molecule has 2 heterocycles. The van der Waals surface area contributed by atoms with Gasteiger partial charge in [-0.15, -0.1) is 0 Å². The normalized spacial score (nSPS) is 12.1. The molecular formula is C50H36N2O. The van der Waals surface area contributed by atoms with Gasteiger partial charge in [0.15, 0.2) is 0 Å². The number of hydrogen-bond acceptors (Lipinski definition) is 3. The van der Waals surface area contributed by atoms with E-state index in [9.17, 15) is 0 Å². The van der Waals surface area contributed by atoms with E-state index in [1.165, 1.54) is 10.8 Å². The molecule has 3 nitrogen and oxygen atoms in total. The lowest BCUT2D eigenvalue weighted by atomic mass is 9.87. The average molecular weight is 681 g/mol. The Kier molecular flexibility index (Phi) is 7.06. The zero-order chi connectivity index (χ0) is 35.7. The van der Waals surface area contributed by atoms with Crippen LogP contribution in [0.4, 0.5) is 0 Å². The molecule has 0 saturated heterocycles. The van der Waals surface area contributed by atoms with Gasteiger partial charge >= 0.3 is 0 Å². The Hall–Kier alpha value is -6.58. The summed E-state index contributed by atoms with van der Waals surface area (Å²) in [5.41, 5.74) is 13.3. The van der Waals surface area contributed by atoms with Gasteiger partial charge in [-0.1, -0.05) is 160 Å². The van der Waals surface area contributed by atoms with Crippen LogP contribution in [0.25, 0.3) is 99.2 Å². The maximum Gasteiger partial charge on any atom is 0.143 e. The van der Waals surface area contributed by atoms with Gasteiger partial charge in [-0.05, 0) is 62.9 Å². The van der Waals surface area contributed by atoms with Crippen LogP contribution in [0.2, 0.25) is 0 Å². The molecule has 0 bridgehead atoms. The monoisotopic (exact) mass is 680 g/mol. The summed E-state index contributed by atoms with van der Waals surface area (Å²) in [6.07, 6.45) is 0. The second-order valence-corrected chi connectivity index (χ2v) is 15.0. The molecule has 3 heteroatoms. The van der Waals surface area contributed by atoms with Gasteiger partial charge in [0.05, 0.1) is 22.4 Å². The minimum atomic E-state index is -0.225. The number of aromatic nitrogens is 2. The Morgan fingerprint density at radius 1 is 0.396 bits per heavy atom. The molecule has 0 aliphatic heterocycles. The van der Waals surface area contributed by atoms with Crippen molar-refractivity contribution in [3.8, 4) is 44.6 Å². The summed E-state index contributed by atoms with van der Waals surface area (Å²) >= 11 is 0. The van der Waals surface area contributed by atoms with Crippen LogP contribution in [-0.2, 0) is 5.41 Å². The molecule has 0 amide bonds. The first-order chi connectivity index (χ1) is 25.9. The highest BCUT2D eigenvalue weighted by atomic mass is 16.3. The SMILES string of the molecule is CC(C)(C)c1nc2c3ccccc3c3ccccc3c2nc1-c1cccc(-c2cccc(-c3cccc(-c4cccc5c4oc4ccccc45)c3)c2)c1. The van der Waals surface area contributed by atoms with Crippen molar-refractivity contribution < 1.29 is 4.42 Å². The smallest absolute Gasteiger partial charge is 0.143 e. The van der Waals surface area contributed by atoms with E-state index < -0.39 is 0 Å². The zero-order valence-corrected chi connectivity index (χ0v) is 29.9. The molecule has 53 heavy (non-hydrogen) atoms. The van der Waals surface area contributed by atoms with Crippen molar-refractivity contribution in [1.29, 1.82) is 0 Å². The van der Waals surface area contributed by atoms with Crippen molar-refractivity contribution in [2.45, 2.75) is 26.2 Å². The average Bonchev–Trinajstić information content (AvgIpc) is 3.59. The molecule has 0 saturated carbocycles. The number of fused-ring (bicyclic) bond motifs is 9. The van der Waals surface area contributed by atoms with Gasteiger partial charge < -0.3 is 4.42 Å². The Labute approximate surface area is 308 Å². The minimum Gasteiger partial charge on any atom is -0.455 e. The second-order valence-electron chi connectivity index (χ2n) is 15.0. The number of para-hydroxylation sites is 2. The minimum absolute atomic E-state index is 0.225. The van der Waals surface area contributed by atoms with Gasteiger partial charge in [-0.3, -0.25) is 0 Å². The van der Waals surface area contributed by atoms with Crippen LogP contribution in [0.5, 0.6) is 0 Å². The summed E-state index contributed by atoms with van der Waals surface area (Å²) in [6, 6.07) is 58.2. The molecule has 0 atom stereocenters. The third-order valence-corrected chi connectivity index (χ3v) is 10.5. The summed E-state index contributed by atoms with van der Waals surface area (Å²) < 4.78 is 6.39. The molecule has 0 aliphatic rings. The number of rotatable bonds is 4. The van der Waals surface area contributed by atoms with E-state index >= 15 is 0 Å². The fourth-order valence-electron chi connectivity index (χ4n) is 7.95. The molecule has 10 rings (SSSR count). The molecule has 0 fully saturated rings. The maximum atomic E-state index is 6.39. The first-order valence-corrected chi connectivity index (χ1v) is 18.2. The van der Waals surface area contributed by atoms with Crippen LogP contribution >= 0.6 is 0 Å². The van der Waals surface area contributed by atoms with Crippen molar-refractivity contribution in [3.63, 3.8) is 0 Å². The molecule has 0 aliphatic carbocycles. The van der Waals surface area contributed by atoms with E-state index in [0.717, 1.165) is 94.1 Å². The van der Waals surface area contributed by atoms with Crippen molar-refractivity contribution in [1.82, 2.24) is 9.97 Å². The van der Waals surface area contributed by atoms with E-state index in [2.05, 4.69) is 172 Å². The molecule has 2 aromatic heterocycles. The third kappa shape index (κ3) is 5.19. The summed E-state index contributed by atoms with van der Waals surface area (Å²) in [5.74, 6) is 0. The van der Waals surface area contributed by atoms with Crippen LogP contribution in [-0.4, -0.2) is 9.97 Å². The van der Waals surface area contributed by atoms with Crippen LogP contribution < -0.4 is 0 Å². The van der Waals surface area contributed by atoms with E-state index in [0.29, 0.717) is 0 Å². The Morgan fingerprint density at radius 3 is 1.47 bits per heavy atom. The Morgan fingerprint density at radius 2 is 0.849 bits per heavy atom. The van der Waals surface area contributed by atoms with Gasteiger partial charge in [0, 0.05) is 38.1 Å². The first kappa shape index (κ1) is 31.2. The lowest BCUT2D eigenvalue weighted by molar-refractivity contribution is 0.571.